The largest absolute Gasteiger partial charge is 0.480 e. The van der Waals surface area contributed by atoms with Gasteiger partial charge in [0.2, 0.25) is 0 Å². The molecule has 1 rings (SSSR count). The zero-order valence-corrected chi connectivity index (χ0v) is 7.23. The first-order valence-electron chi connectivity index (χ1n) is 4.18. The highest BCUT2D eigenvalue weighted by Crippen LogP contribution is 2.21. The zero-order chi connectivity index (χ0) is 9.14. The molecule has 0 spiro atoms. The van der Waals surface area contributed by atoms with Crippen molar-refractivity contribution in [1.82, 2.24) is 4.90 Å². The molecule has 4 nitrogen and oxygen atoms in total. The van der Waals surface area contributed by atoms with Crippen LogP contribution >= 0.6 is 0 Å². The maximum atomic E-state index is 10.4. The molecule has 12 heavy (non-hydrogen) atoms. The Morgan fingerprint density at radius 2 is 2.25 bits per heavy atom. The van der Waals surface area contributed by atoms with Crippen LogP contribution in [0.1, 0.15) is 6.92 Å². The van der Waals surface area contributed by atoms with Crippen molar-refractivity contribution in [3.63, 3.8) is 0 Å². The molecule has 70 valence electrons. The van der Waals surface area contributed by atoms with E-state index < -0.39 is 5.97 Å². The molecule has 0 saturated carbocycles. The van der Waals surface area contributed by atoms with Crippen molar-refractivity contribution in [2.45, 2.75) is 6.92 Å². The number of likely N-dealkylation sites (tertiary alicyclic amines) is 1. The maximum absolute atomic E-state index is 10.4. The molecule has 1 aliphatic rings. The highest BCUT2D eigenvalue weighted by molar-refractivity contribution is 5.69. The summed E-state index contributed by atoms with van der Waals surface area (Å²) in [6, 6.07) is 0. The molecule has 1 saturated heterocycles. The monoisotopic (exact) mass is 173 g/mol. The molecule has 1 aliphatic heterocycles. The highest BCUT2D eigenvalue weighted by Gasteiger charge is 2.29. The lowest BCUT2D eigenvalue weighted by molar-refractivity contribution is -0.138. The molecule has 2 atom stereocenters. The van der Waals surface area contributed by atoms with Gasteiger partial charge in [-0.25, -0.2) is 0 Å². The molecule has 0 aromatic heterocycles. The molecule has 0 aromatic carbocycles. The van der Waals surface area contributed by atoms with E-state index in [1.54, 1.807) is 0 Å². The number of hydrogen-bond donors (Lipinski definition) is 2. The molecule has 0 unspecified atom stereocenters. The fourth-order valence-electron chi connectivity index (χ4n) is 1.70. The third-order valence-electron chi connectivity index (χ3n) is 2.44. The van der Waals surface area contributed by atoms with Gasteiger partial charge in [-0.15, -0.1) is 0 Å². The summed E-state index contributed by atoms with van der Waals surface area (Å²) in [4.78, 5) is 12.2. The van der Waals surface area contributed by atoms with Crippen LogP contribution in [-0.2, 0) is 4.79 Å². The van der Waals surface area contributed by atoms with Gasteiger partial charge < -0.3 is 10.2 Å². The smallest absolute Gasteiger partial charge is 0.317 e. The molecule has 2 N–H and O–H groups in total. The Morgan fingerprint density at radius 3 is 2.67 bits per heavy atom. The first-order valence-corrected chi connectivity index (χ1v) is 4.18. The van der Waals surface area contributed by atoms with Crippen LogP contribution in [0.5, 0.6) is 0 Å². The minimum atomic E-state index is -0.791. The fraction of sp³-hybridized carbons (Fsp3) is 0.875. The first kappa shape index (κ1) is 9.48. The molecule has 4 heteroatoms. The summed E-state index contributed by atoms with van der Waals surface area (Å²) < 4.78 is 0. The second-order valence-corrected chi connectivity index (χ2v) is 3.51. The molecular weight excluding hydrogens is 158 g/mol. The number of aliphatic hydroxyl groups is 1. The summed E-state index contributed by atoms with van der Waals surface area (Å²) in [6.45, 7) is 3.81. The van der Waals surface area contributed by atoms with Crippen LogP contribution in [0.15, 0.2) is 0 Å². The van der Waals surface area contributed by atoms with Crippen molar-refractivity contribution in [2.75, 3.05) is 26.2 Å². The summed E-state index contributed by atoms with van der Waals surface area (Å²) in [5, 5.41) is 17.4. The van der Waals surface area contributed by atoms with Crippen molar-refractivity contribution >= 4 is 5.97 Å². The van der Waals surface area contributed by atoms with Gasteiger partial charge in [0, 0.05) is 19.7 Å². The Hall–Kier alpha value is -0.610. The second kappa shape index (κ2) is 3.87. The van der Waals surface area contributed by atoms with Gasteiger partial charge in [-0.05, 0) is 11.8 Å². The molecule has 1 fully saturated rings. The van der Waals surface area contributed by atoms with Gasteiger partial charge in [0.1, 0.15) is 0 Å². The Bertz CT molecular complexity index is 172. The third kappa shape index (κ3) is 2.19. The second-order valence-electron chi connectivity index (χ2n) is 3.51. The fourth-order valence-corrected chi connectivity index (χ4v) is 1.70. The van der Waals surface area contributed by atoms with Crippen LogP contribution < -0.4 is 0 Å². The molecule has 0 amide bonds. The van der Waals surface area contributed by atoms with E-state index in [9.17, 15) is 4.79 Å². The Labute approximate surface area is 71.8 Å². The van der Waals surface area contributed by atoms with Crippen molar-refractivity contribution in [2.24, 2.45) is 11.8 Å². The van der Waals surface area contributed by atoms with Crippen LogP contribution in [0.25, 0.3) is 0 Å². The number of rotatable bonds is 3. The number of aliphatic hydroxyl groups excluding tert-OH is 1. The van der Waals surface area contributed by atoms with E-state index in [4.69, 9.17) is 10.2 Å². The summed E-state index contributed by atoms with van der Waals surface area (Å²) >= 11 is 0. The van der Waals surface area contributed by atoms with E-state index in [0.717, 1.165) is 6.54 Å². The predicted molar refractivity (Wildman–Crippen MR) is 43.8 cm³/mol. The van der Waals surface area contributed by atoms with Gasteiger partial charge in [0.05, 0.1) is 6.54 Å². The van der Waals surface area contributed by atoms with E-state index in [2.05, 4.69) is 0 Å². The number of carboxylic acids is 1. The molecule has 0 aromatic rings. The summed E-state index contributed by atoms with van der Waals surface area (Å²) in [5.41, 5.74) is 0. The van der Waals surface area contributed by atoms with Crippen LogP contribution in [-0.4, -0.2) is 47.3 Å². The molecule has 1 heterocycles. The van der Waals surface area contributed by atoms with Gasteiger partial charge >= 0.3 is 5.97 Å². The van der Waals surface area contributed by atoms with Crippen molar-refractivity contribution in [3.05, 3.63) is 0 Å². The number of carboxylic acid groups (broad SMARTS) is 1. The Balaban J connectivity index is 2.37. The SMILES string of the molecule is C[C@@H]1CN(CC(=O)O)C[C@@H]1CO. The van der Waals surface area contributed by atoms with E-state index in [0.29, 0.717) is 12.5 Å². The first-order chi connectivity index (χ1) is 5.63. The van der Waals surface area contributed by atoms with Crippen molar-refractivity contribution in [3.8, 4) is 0 Å². The zero-order valence-electron chi connectivity index (χ0n) is 7.23. The minimum Gasteiger partial charge on any atom is -0.480 e. The number of aliphatic carboxylic acids is 1. The van der Waals surface area contributed by atoms with Gasteiger partial charge in [-0.3, -0.25) is 9.69 Å². The lowest BCUT2D eigenvalue weighted by atomic mass is 10.00. The Morgan fingerprint density at radius 1 is 1.58 bits per heavy atom. The normalized spacial score (nSPS) is 30.8. The topological polar surface area (TPSA) is 60.8 Å². The van der Waals surface area contributed by atoms with Crippen LogP contribution in [0.4, 0.5) is 0 Å². The van der Waals surface area contributed by atoms with Crippen LogP contribution in [0, 0.1) is 11.8 Å². The van der Waals surface area contributed by atoms with Crippen LogP contribution in [0.3, 0.4) is 0 Å². The van der Waals surface area contributed by atoms with E-state index in [1.807, 2.05) is 11.8 Å². The van der Waals surface area contributed by atoms with Crippen LogP contribution in [0.2, 0.25) is 0 Å². The highest BCUT2D eigenvalue weighted by atomic mass is 16.4. The van der Waals surface area contributed by atoms with E-state index in [1.165, 1.54) is 0 Å². The summed E-state index contributed by atoms with van der Waals surface area (Å²) in [6.07, 6.45) is 0. The standard InChI is InChI=1S/C8H15NO3/c1-6-2-9(4-8(11)12)3-7(6)5-10/h6-7,10H,2-5H2,1H3,(H,11,12)/t6-,7-/m1/s1. The maximum Gasteiger partial charge on any atom is 0.317 e. The van der Waals surface area contributed by atoms with Gasteiger partial charge in [0.25, 0.3) is 0 Å². The number of nitrogens with zero attached hydrogens (tertiary/aromatic N) is 1. The summed E-state index contributed by atoms with van der Waals surface area (Å²) in [7, 11) is 0. The average molecular weight is 173 g/mol. The number of carbonyl (C=O) groups is 1. The van der Waals surface area contributed by atoms with Gasteiger partial charge in [-0.1, -0.05) is 6.92 Å². The van der Waals surface area contributed by atoms with Gasteiger partial charge in [0.15, 0.2) is 0 Å². The van der Waals surface area contributed by atoms with Gasteiger partial charge in [-0.2, -0.15) is 0 Å². The van der Waals surface area contributed by atoms with Crippen molar-refractivity contribution < 1.29 is 15.0 Å². The predicted octanol–water partition coefficient (Wildman–Crippen LogP) is -0.369. The molecular formula is C8H15NO3. The molecule has 0 bridgehead atoms. The lowest BCUT2D eigenvalue weighted by Gasteiger charge is -2.11. The van der Waals surface area contributed by atoms with E-state index in [-0.39, 0.29) is 19.1 Å². The average Bonchev–Trinajstić information content (AvgIpc) is 2.29. The number of hydrogen-bond acceptors (Lipinski definition) is 3. The molecule has 0 radical (unpaired) electrons. The summed E-state index contributed by atoms with van der Waals surface area (Å²) in [5.74, 6) is -0.125. The van der Waals surface area contributed by atoms with E-state index >= 15 is 0 Å². The lowest BCUT2D eigenvalue weighted by Crippen LogP contribution is -2.27. The molecule has 0 aliphatic carbocycles. The Kier molecular flexibility index (Phi) is 3.05. The third-order valence-corrected chi connectivity index (χ3v) is 2.44. The van der Waals surface area contributed by atoms with Crippen molar-refractivity contribution in [1.29, 1.82) is 0 Å². The minimum absolute atomic E-state index is 0.0981. The quantitative estimate of drug-likeness (QED) is 0.611.